The molecule has 0 saturated carbocycles. The van der Waals surface area contributed by atoms with Crippen LogP contribution < -0.4 is 0 Å². The Labute approximate surface area is 173 Å². The molecular weight excluding hydrogens is 403 g/mol. The molecule has 0 fully saturated rings. The number of H-pyrrole nitrogens is 1. The summed E-state index contributed by atoms with van der Waals surface area (Å²) in [6, 6.07) is 13.0. The molecule has 4 rings (SSSR count). The van der Waals surface area contributed by atoms with Crippen molar-refractivity contribution in [3.05, 3.63) is 72.3 Å². The summed E-state index contributed by atoms with van der Waals surface area (Å²) in [5.74, 6) is -0.214. The van der Waals surface area contributed by atoms with E-state index in [9.17, 15) is 4.79 Å². The van der Waals surface area contributed by atoms with Crippen molar-refractivity contribution < 1.29 is 15.4 Å². The number of aromatic nitrogens is 4. The number of fused-ring (bicyclic) bond motifs is 1. The number of aromatic amines is 1. The van der Waals surface area contributed by atoms with E-state index in [1.165, 1.54) is 0 Å². The Hall–Kier alpha value is -2.87. The van der Waals surface area contributed by atoms with Crippen LogP contribution >= 0.6 is 24.8 Å². The number of hydrogen-bond acceptors (Lipinski definition) is 3. The number of rotatable bonds is 4. The summed E-state index contributed by atoms with van der Waals surface area (Å²) in [7, 11) is 0. The van der Waals surface area contributed by atoms with Crippen LogP contribution in [-0.2, 0) is 0 Å². The molecule has 1 atom stereocenters. The number of halogens is 2. The molecule has 1 unspecified atom stereocenters. The fraction of sp³-hybridized carbons (Fsp3) is 0.105. The average Bonchev–Trinajstić information content (AvgIpc) is 3.30. The van der Waals surface area contributed by atoms with Crippen molar-refractivity contribution in [2.75, 3.05) is 0 Å². The van der Waals surface area contributed by atoms with Crippen molar-refractivity contribution in [2.24, 2.45) is 0 Å². The highest BCUT2D eigenvalue weighted by molar-refractivity contribution is 5.88. The Kier molecular flexibility index (Phi) is 7.75. The maximum Gasteiger partial charge on any atom is 0.335 e. The number of carboxylic acid groups (broad SMARTS) is 1. The zero-order valence-corrected chi connectivity index (χ0v) is 16.5. The number of carbonyl (C=O) groups is 1. The Morgan fingerprint density at radius 2 is 1.86 bits per heavy atom. The highest BCUT2D eigenvalue weighted by Crippen LogP contribution is 2.25. The van der Waals surface area contributed by atoms with Crippen molar-refractivity contribution in [1.82, 2.24) is 19.5 Å². The summed E-state index contributed by atoms with van der Waals surface area (Å²) in [5.41, 5.74) is 4.09. The first-order valence-corrected chi connectivity index (χ1v) is 7.92. The number of imidazole rings is 2. The van der Waals surface area contributed by atoms with Crippen molar-refractivity contribution >= 4 is 41.8 Å². The second-order valence-corrected chi connectivity index (χ2v) is 5.93. The minimum absolute atomic E-state index is 0. The summed E-state index contributed by atoms with van der Waals surface area (Å²) in [6.45, 7) is 2.12. The summed E-state index contributed by atoms with van der Waals surface area (Å²) in [4.78, 5) is 23.0. The number of carboxylic acids is 1. The van der Waals surface area contributed by atoms with Crippen LogP contribution in [0.5, 0.6) is 0 Å². The van der Waals surface area contributed by atoms with E-state index in [-0.39, 0.29) is 41.9 Å². The third-order valence-electron chi connectivity index (χ3n) is 4.37. The van der Waals surface area contributed by atoms with Crippen LogP contribution in [0.15, 0.2) is 61.2 Å². The SMILES string of the molecule is CC(c1ccc2nc(-c3ccc(C(=O)O)cc3)[nH]c2c1)n1ccnc1.Cl.Cl.O. The van der Waals surface area contributed by atoms with Gasteiger partial charge in [0.1, 0.15) is 5.82 Å². The zero-order valence-electron chi connectivity index (χ0n) is 14.9. The predicted octanol–water partition coefficient (Wildman–Crippen LogP) is 3.75. The van der Waals surface area contributed by atoms with E-state index in [4.69, 9.17) is 5.11 Å². The first kappa shape index (κ1) is 23.2. The van der Waals surface area contributed by atoms with Gasteiger partial charge in [0.05, 0.1) is 29.0 Å². The number of nitrogens with zero attached hydrogens (tertiary/aromatic N) is 3. The first-order valence-electron chi connectivity index (χ1n) is 7.92. The quantitative estimate of drug-likeness (QED) is 0.520. The lowest BCUT2D eigenvalue weighted by molar-refractivity contribution is 0.0697. The lowest BCUT2D eigenvalue weighted by Gasteiger charge is -2.13. The van der Waals surface area contributed by atoms with Gasteiger partial charge < -0.3 is 20.1 Å². The Morgan fingerprint density at radius 1 is 1.14 bits per heavy atom. The molecule has 7 nitrogen and oxygen atoms in total. The Bertz CT molecular complexity index is 1050. The van der Waals surface area contributed by atoms with Crippen LogP contribution in [-0.4, -0.2) is 36.1 Å². The van der Waals surface area contributed by atoms with Crippen LogP contribution in [0.3, 0.4) is 0 Å². The molecule has 0 amide bonds. The molecule has 0 aliphatic heterocycles. The van der Waals surface area contributed by atoms with Gasteiger partial charge >= 0.3 is 5.97 Å². The molecule has 0 spiro atoms. The van der Waals surface area contributed by atoms with Gasteiger partial charge in [-0.2, -0.15) is 0 Å². The van der Waals surface area contributed by atoms with Gasteiger partial charge in [-0.15, -0.1) is 24.8 Å². The highest BCUT2D eigenvalue weighted by atomic mass is 35.5. The first-order chi connectivity index (χ1) is 12.1. The van der Waals surface area contributed by atoms with Gasteiger partial charge in [0.2, 0.25) is 0 Å². The smallest absolute Gasteiger partial charge is 0.335 e. The molecule has 0 aliphatic carbocycles. The molecule has 4 N–H and O–H groups in total. The fourth-order valence-corrected chi connectivity index (χ4v) is 2.87. The molecule has 0 aliphatic rings. The molecule has 2 heterocycles. The van der Waals surface area contributed by atoms with Crippen LogP contribution in [0.25, 0.3) is 22.4 Å². The Morgan fingerprint density at radius 3 is 2.46 bits per heavy atom. The maximum atomic E-state index is 11.0. The molecule has 28 heavy (non-hydrogen) atoms. The van der Waals surface area contributed by atoms with E-state index in [2.05, 4.69) is 34.0 Å². The van der Waals surface area contributed by atoms with Crippen LogP contribution in [0.2, 0.25) is 0 Å². The number of aromatic carboxylic acids is 1. The lowest BCUT2D eigenvalue weighted by Crippen LogP contribution is -2.03. The summed E-state index contributed by atoms with van der Waals surface area (Å²) < 4.78 is 2.04. The molecule has 0 saturated heterocycles. The minimum Gasteiger partial charge on any atom is -0.478 e. The standard InChI is InChI=1S/C19H16N4O2.2ClH.H2O/c1-12(23-9-8-20-11-23)15-6-7-16-17(10-15)22-18(21-16)13-2-4-14(5-3-13)19(24)25;;;/h2-12H,1H3,(H,21,22)(H,24,25);2*1H;1H2. The fourth-order valence-electron chi connectivity index (χ4n) is 2.87. The van der Waals surface area contributed by atoms with Gasteiger partial charge in [0.15, 0.2) is 0 Å². The van der Waals surface area contributed by atoms with E-state index in [1.54, 1.807) is 36.8 Å². The van der Waals surface area contributed by atoms with E-state index < -0.39 is 5.97 Å². The van der Waals surface area contributed by atoms with Gasteiger partial charge in [-0.05, 0) is 36.8 Å². The average molecular weight is 423 g/mol. The van der Waals surface area contributed by atoms with Gasteiger partial charge in [0, 0.05) is 18.0 Å². The summed E-state index contributed by atoms with van der Waals surface area (Å²) in [5, 5.41) is 8.99. The van der Waals surface area contributed by atoms with E-state index >= 15 is 0 Å². The summed E-state index contributed by atoms with van der Waals surface area (Å²) in [6.07, 6.45) is 5.51. The van der Waals surface area contributed by atoms with Crippen LogP contribution in [0, 0.1) is 0 Å². The maximum absolute atomic E-state index is 11.0. The zero-order chi connectivity index (χ0) is 17.4. The molecule has 2 aromatic carbocycles. The second kappa shape index (κ2) is 9.36. The van der Waals surface area contributed by atoms with E-state index in [0.29, 0.717) is 0 Å². The van der Waals surface area contributed by atoms with Crippen LogP contribution in [0.4, 0.5) is 0 Å². The molecule has 4 aromatic rings. The van der Waals surface area contributed by atoms with Crippen LogP contribution in [0.1, 0.15) is 28.9 Å². The highest BCUT2D eigenvalue weighted by Gasteiger charge is 2.11. The molecule has 9 heteroatoms. The number of hydrogen-bond donors (Lipinski definition) is 2. The second-order valence-electron chi connectivity index (χ2n) is 5.93. The van der Waals surface area contributed by atoms with Crippen molar-refractivity contribution in [3.63, 3.8) is 0 Å². The molecular formula is C19H20Cl2N4O3. The summed E-state index contributed by atoms with van der Waals surface area (Å²) >= 11 is 0. The topological polar surface area (TPSA) is 115 Å². The van der Waals surface area contributed by atoms with E-state index in [0.717, 1.165) is 28.0 Å². The number of benzene rings is 2. The third kappa shape index (κ3) is 4.33. The Balaban J connectivity index is 0.00000131. The molecule has 0 radical (unpaired) electrons. The monoisotopic (exact) mass is 422 g/mol. The van der Waals surface area contributed by atoms with Crippen molar-refractivity contribution in [2.45, 2.75) is 13.0 Å². The molecule has 148 valence electrons. The van der Waals surface area contributed by atoms with Gasteiger partial charge in [-0.1, -0.05) is 18.2 Å². The minimum atomic E-state index is -0.936. The third-order valence-corrected chi connectivity index (χ3v) is 4.37. The van der Waals surface area contributed by atoms with E-state index in [1.807, 2.05) is 16.8 Å². The normalized spacial score (nSPS) is 11.0. The van der Waals surface area contributed by atoms with Gasteiger partial charge in [-0.3, -0.25) is 0 Å². The van der Waals surface area contributed by atoms with Crippen molar-refractivity contribution in [1.29, 1.82) is 0 Å². The van der Waals surface area contributed by atoms with Gasteiger partial charge in [-0.25, -0.2) is 14.8 Å². The van der Waals surface area contributed by atoms with Crippen molar-refractivity contribution in [3.8, 4) is 11.4 Å². The lowest BCUT2D eigenvalue weighted by atomic mass is 10.1. The predicted molar refractivity (Wildman–Crippen MR) is 113 cm³/mol. The number of nitrogens with one attached hydrogen (secondary N) is 1. The molecule has 2 aromatic heterocycles. The largest absolute Gasteiger partial charge is 0.478 e. The molecule has 0 bridgehead atoms. The van der Waals surface area contributed by atoms with Gasteiger partial charge in [0.25, 0.3) is 0 Å².